The maximum absolute atomic E-state index is 13.8. The standard InChI is InChI=1S/C25H33F3N4O6S2/c1-31(14-15-33)40(37,38)20-8-7-18(21(17-20)25(26,27)28)9-16-39(35,36)32-12-10-24(11-13-32)23(34)29-22(30-24)19-5-3-2-4-6-19/h7-9,16-17,19,33H,2-6,10-15H2,1H3,(H,29,30,34). The molecular weight excluding hydrogens is 573 g/mol. The van der Waals surface area contributed by atoms with Gasteiger partial charge in [0.05, 0.1) is 17.1 Å². The summed E-state index contributed by atoms with van der Waals surface area (Å²) in [7, 11) is -7.33. The Labute approximate surface area is 232 Å². The zero-order valence-electron chi connectivity index (χ0n) is 22.0. The number of carbonyl (C=O) groups is 1. The number of sulfonamides is 2. The monoisotopic (exact) mass is 606 g/mol. The molecule has 1 saturated heterocycles. The average molecular weight is 607 g/mol. The second kappa shape index (κ2) is 11.5. The number of nitrogens with zero attached hydrogens (tertiary/aromatic N) is 3. The third kappa shape index (κ3) is 6.27. The number of alkyl halides is 3. The number of carbonyl (C=O) groups excluding carboxylic acids is 1. The van der Waals surface area contributed by atoms with Gasteiger partial charge in [0.1, 0.15) is 11.4 Å². The van der Waals surface area contributed by atoms with Crippen LogP contribution in [0.5, 0.6) is 0 Å². The summed E-state index contributed by atoms with van der Waals surface area (Å²) in [5.41, 5.74) is -2.87. The smallest absolute Gasteiger partial charge is 0.395 e. The first-order valence-electron chi connectivity index (χ1n) is 13.1. The zero-order chi connectivity index (χ0) is 29.3. The number of nitrogens with one attached hydrogen (secondary N) is 1. The number of benzene rings is 1. The van der Waals surface area contributed by atoms with E-state index in [1.54, 1.807) is 0 Å². The number of hydrogen-bond acceptors (Lipinski definition) is 7. The van der Waals surface area contributed by atoms with Crippen LogP contribution in [0.15, 0.2) is 33.5 Å². The van der Waals surface area contributed by atoms with Crippen LogP contribution in [0.3, 0.4) is 0 Å². The Morgan fingerprint density at radius 2 is 1.80 bits per heavy atom. The van der Waals surface area contributed by atoms with Crippen molar-refractivity contribution in [2.75, 3.05) is 33.3 Å². The fraction of sp³-hybridized carbons (Fsp3) is 0.600. The van der Waals surface area contributed by atoms with Gasteiger partial charge in [0.15, 0.2) is 0 Å². The van der Waals surface area contributed by atoms with Crippen molar-refractivity contribution in [3.8, 4) is 0 Å². The lowest BCUT2D eigenvalue weighted by Gasteiger charge is -2.34. The van der Waals surface area contributed by atoms with Gasteiger partial charge in [-0.1, -0.05) is 25.3 Å². The largest absolute Gasteiger partial charge is 0.417 e. The molecule has 2 aliphatic heterocycles. The van der Waals surface area contributed by atoms with Gasteiger partial charge in [-0.3, -0.25) is 9.79 Å². The number of aliphatic imine (C=N–C) groups is 1. The fourth-order valence-corrected chi connectivity index (χ4v) is 7.70. The SMILES string of the molecule is CN(CCO)S(=O)(=O)c1ccc(C=CS(=O)(=O)N2CCC3(CC2)N=C(C2CCCCC2)NC3=O)c(C(F)(F)F)c1. The van der Waals surface area contributed by atoms with Crippen molar-refractivity contribution in [3.05, 3.63) is 34.7 Å². The lowest BCUT2D eigenvalue weighted by atomic mass is 9.88. The Bertz CT molecular complexity index is 1400. The Morgan fingerprint density at radius 1 is 1.15 bits per heavy atom. The van der Waals surface area contributed by atoms with E-state index in [0.29, 0.717) is 17.3 Å². The van der Waals surface area contributed by atoms with Gasteiger partial charge in [-0.2, -0.15) is 21.8 Å². The van der Waals surface area contributed by atoms with E-state index in [4.69, 9.17) is 10.1 Å². The van der Waals surface area contributed by atoms with Crippen molar-refractivity contribution < 1.29 is 39.9 Å². The summed E-state index contributed by atoms with van der Waals surface area (Å²) in [6.07, 6.45) is 1.33. The molecule has 0 unspecified atom stereocenters. The molecule has 1 aliphatic carbocycles. The first kappa shape index (κ1) is 30.6. The lowest BCUT2D eigenvalue weighted by Crippen LogP contribution is -2.50. The van der Waals surface area contributed by atoms with Gasteiger partial charge < -0.3 is 10.4 Å². The number of hydrogen-bond donors (Lipinski definition) is 2. The first-order valence-corrected chi connectivity index (χ1v) is 16.0. The maximum atomic E-state index is 13.8. The number of aliphatic hydroxyl groups is 1. The van der Waals surface area contributed by atoms with Gasteiger partial charge in [-0.05, 0) is 49.5 Å². The number of amidine groups is 1. The highest BCUT2D eigenvalue weighted by atomic mass is 32.2. The van der Waals surface area contributed by atoms with Crippen LogP contribution in [-0.4, -0.2) is 81.1 Å². The van der Waals surface area contributed by atoms with E-state index in [0.717, 1.165) is 66.0 Å². The highest BCUT2D eigenvalue weighted by molar-refractivity contribution is 7.92. The lowest BCUT2D eigenvalue weighted by molar-refractivity contribution is -0.137. The van der Waals surface area contributed by atoms with Crippen LogP contribution in [0, 0.1) is 5.92 Å². The van der Waals surface area contributed by atoms with E-state index in [1.807, 2.05) is 0 Å². The Balaban J connectivity index is 1.51. The molecule has 2 heterocycles. The Morgan fingerprint density at radius 3 is 2.40 bits per heavy atom. The molecule has 1 saturated carbocycles. The predicted molar refractivity (Wildman–Crippen MR) is 142 cm³/mol. The molecule has 10 nitrogen and oxygen atoms in total. The zero-order valence-corrected chi connectivity index (χ0v) is 23.7. The minimum Gasteiger partial charge on any atom is -0.395 e. The van der Waals surface area contributed by atoms with E-state index in [2.05, 4.69) is 5.32 Å². The summed E-state index contributed by atoms with van der Waals surface area (Å²) >= 11 is 0. The molecule has 0 bridgehead atoms. The molecule has 0 atom stereocenters. The Hall–Kier alpha value is -2.33. The van der Waals surface area contributed by atoms with Gasteiger partial charge in [0, 0.05) is 38.0 Å². The summed E-state index contributed by atoms with van der Waals surface area (Å²) in [5.74, 6) is 0.629. The van der Waals surface area contributed by atoms with Crippen LogP contribution >= 0.6 is 0 Å². The van der Waals surface area contributed by atoms with E-state index in [-0.39, 0.29) is 44.3 Å². The second-order valence-corrected chi connectivity index (χ2v) is 14.2. The number of aliphatic hydroxyl groups excluding tert-OH is 1. The first-order chi connectivity index (χ1) is 18.7. The third-order valence-electron chi connectivity index (χ3n) is 7.77. The molecule has 40 heavy (non-hydrogen) atoms. The molecule has 1 aromatic carbocycles. The van der Waals surface area contributed by atoms with E-state index < -0.39 is 54.4 Å². The number of likely N-dealkylation sites (N-methyl/N-ethyl adjacent to an activating group) is 1. The summed E-state index contributed by atoms with van der Waals surface area (Å²) in [6.45, 7) is -0.878. The molecule has 1 spiro atoms. The van der Waals surface area contributed by atoms with Crippen molar-refractivity contribution in [3.63, 3.8) is 0 Å². The fourth-order valence-electron chi connectivity index (χ4n) is 5.33. The normalized spacial score (nSPS) is 21.4. The quantitative estimate of drug-likeness (QED) is 0.467. The van der Waals surface area contributed by atoms with Crippen LogP contribution in [0.1, 0.15) is 56.1 Å². The number of piperidine rings is 1. The summed E-state index contributed by atoms with van der Waals surface area (Å²) in [5, 5.41) is 12.5. The third-order valence-corrected chi connectivity index (χ3v) is 11.2. The predicted octanol–water partition coefficient (Wildman–Crippen LogP) is 2.56. The molecule has 0 radical (unpaired) electrons. The van der Waals surface area contributed by atoms with Gasteiger partial charge in [0.2, 0.25) is 20.0 Å². The second-order valence-electron chi connectivity index (χ2n) is 10.4. The molecule has 2 fully saturated rings. The number of amides is 1. The minimum absolute atomic E-state index is 0.0258. The summed E-state index contributed by atoms with van der Waals surface area (Å²) < 4.78 is 94.4. The highest BCUT2D eigenvalue weighted by Crippen LogP contribution is 2.37. The topological polar surface area (TPSA) is 136 Å². The van der Waals surface area contributed by atoms with E-state index in [1.165, 1.54) is 0 Å². The van der Waals surface area contributed by atoms with Crippen LogP contribution < -0.4 is 5.32 Å². The Kier molecular flexibility index (Phi) is 8.81. The van der Waals surface area contributed by atoms with Gasteiger partial charge >= 0.3 is 6.18 Å². The molecule has 15 heteroatoms. The molecule has 222 valence electrons. The van der Waals surface area contributed by atoms with E-state index in [9.17, 15) is 34.8 Å². The summed E-state index contributed by atoms with van der Waals surface area (Å²) in [6, 6.07) is 2.29. The molecule has 1 amide bonds. The minimum atomic E-state index is -4.97. The molecule has 0 aromatic heterocycles. The van der Waals surface area contributed by atoms with Crippen molar-refractivity contribution in [2.24, 2.45) is 10.9 Å². The average Bonchev–Trinajstić information content (AvgIpc) is 3.23. The summed E-state index contributed by atoms with van der Waals surface area (Å²) in [4.78, 5) is 16.9. The van der Waals surface area contributed by atoms with Crippen molar-refractivity contribution in [1.82, 2.24) is 13.9 Å². The van der Waals surface area contributed by atoms with Gasteiger partial charge in [0.25, 0.3) is 5.91 Å². The van der Waals surface area contributed by atoms with E-state index >= 15 is 0 Å². The van der Waals surface area contributed by atoms with Gasteiger partial charge in [-0.15, -0.1) is 0 Å². The molecule has 4 rings (SSSR count). The van der Waals surface area contributed by atoms with Crippen LogP contribution in [0.25, 0.3) is 6.08 Å². The number of rotatable bonds is 8. The van der Waals surface area contributed by atoms with Crippen molar-refractivity contribution in [1.29, 1.82) is 0 Å². The maximum Gasteiger partial charge on any atom is 0.417 e. The van der Waals surface area contributed by atoms with Gasteiger partial charge in [-0.25, -0.2) is 16.8 Å². The number of halogens is 3. The molecule has 3 aliphatic rings. The van der Waals surface area contributed by atoms with Crippen molar-refractivity contribution in [2.45, 2.75) is 61.6 Å². The molecule has 2 N–H and O–H groups in total. The molecular formula is C25H33F3N4O6S2. The van der Waals surface area contributed by atoms with Crippen LogP contribution in [-0.2, 0) is 31.0 Å². The molecule has 1 aromatic rings. The highest BCUT2D eigenvalue weighted by Gasteiger charge is 2.48. The van der Waals surface area contributed by atoms with Crippen LogP contribution in [0.4, 0.5) is 13.2 Å². The van der Waals surface area contributed by atoms with Crippen molar-refractivity contribution >= 4 is 37.9 Å². The van der Waals surface area contributed by atoms with Crippen LogP contribution in [0.2, 0.25) is 0 Å².